The molecule has 0 saturated heterocycles. The van der Waals surface area contributed by atoms with Crippen molar-refractivity contribution < 1.29 is 4.39 Å². The number of aromatic nitrogens is 4. The molecule has 0 radical (unpaired) electrons. The van der Waals surface area contributed by atoms with Crippen molar-refractivity contribution in [3.05, 3.63) is 29.8 Å². The quantitative estimate of drug-likeness (QED) is 0.780. The molecule has 0 unspecified atom stereocenters. The molecule has 0 atom stereocenters. The lowest BCUT2D eigenvalue weighted by atomic mass is 10.2. The molecule has 0 aliphatic carbocycles. The Morgan fingerprint density at radius 3 is 2.75 bits per heavy atom. The van der Waals surface area contributed by atoms with Crippen LogP contribution in [-0.4, -0.2) is 20.2 Å². The Morgan fingerprint density at radius 2 is 2.12 bits per heavy atom. The fourth-order valence-corrected chi connectivity index (χ4v) is 1.44. The van der Waals surface area contributed by atoms with Crippen molar-refractivity contribution in [2.75, 3.05) is 5.73 Å². The van der Waals surface area contributed by atoms with E-state index < -0.39 is 0 Å². The SMILES string of the molecule is CC(C)c1nnnn1-c1ccc(F)cc1N. The van der Waals surface area contributed by atoms with Gasteiger partial charge in [-0.1, -0.05) is 13.8 Å². The second-order valence-corrected chi connectivity index (χ2v) is 3.81. The van der Waals surface area contributed by atoms with Crippen LogP contribution in [0.1, 0.15) is 25.6 Å². The van der Waals surface area contributed by atoms with Gasteiger partial charge in [-0.2, -0.15) is 4.68 Å². The smallest absolute Gasteiger partial charge is 0.159 e. The van der Waals surface area contributed by atoms with Gasteiger partial charge in [0, 0.05) is 5.92 Å². The van der Waals surface area contributed by atoms with Crippen LogP contribution in [0.2, 0.25) is 0 Å². The van der Waals surface area contributed by atoms with Gasteiger partial charge >= 0.3 is 0 Å². The van der Waals surface area contributed by atoms with Crippen molar-refractivity contribution in [1.29, 1.82) is 0 Å². The average molecular weight is 221 g/mol. The number of anilines is 1. The Labute approximate surface area is 92.1 Å². The fraction of sp³-hybridized carbons (Fsp3) is 0.300. The topological polar surface area (TPSA) is 69.6 Å². The first-order valence-corrected chi connectivity index (χ1v) is 4.93. The zero-order chi connectivity index (χ0) is 11.7. The minimum atomic E-state index is -0.375. The van der Waals surface area contributed by atoms with Crippen molar-refractivity contribution in [3.8, 4) is 5.69 Å². The number of hydrogen-bond donors (Lipinski definition) is 1. The Kier molecular flexibility index (Phi) is 2.55. The third-order valence-corrected chi connectivity index (χ3v) is 2.23. The highest BCUT2D eigenvalue weighted by Crippen LogP contribution is 2.21. The van der Waals surface area contributed by atoms with E-state index in [1.165, 1.54) is 16.8 Å². The summed E-state index contributed by atoms with van der Waals surface area (Å²) in [6, 6.07) is 4.14. The van der Waals surface area contributed by atoms with Crippen LogP contribution >= 0.6 is 0 Å². The summed E-state index contributed by atoms with van der Waals surface area (Å²) in [5.74, 6) is 0.484. The molecule has 0 aliphatic rings. The number of hydrogen-bond acceptors (Lipinski definition) is 4. The molecule has 0 saturated carbocycles. The number of nitrogens with two attached hydrogens (primary N) is 1. The zero-order valence-electron chi connectivity index (χ0n) is 9.05. The van der Waals surface area contributed by atoms with Crippen molar-refractivity contribution in [3.63, 3.8) is 0 Å². The van der Waals surface area contributed by atoms with E-state index in [2.05, 4.69) is 15.5 Å². The van der Waals surface area contributed by atoms with Gasteiger partial charge in [-0.15, -0.1) is 5.10 Å². The lowest BCUT2D eigenvalue weighted by molar-refractivity contribution is 0.627. The predicted octanol–water partition coefficient (Wildman–Crippen LogP) is 1.51. The van der Waals surface area contributed by atoms with Crippen LogP contribution in [0.5, 0.6) is 0 Å². The lowest BCUT2D eigenvalue weighted by Gasteiger charge is -2.08. The highest BCUT2D eigenvalue weighted by Gasteiger charge is 2.13. The maximum Gasteiger partial charge on any atom is 0.159 e. The van der Waals surface area contributed by atoms with Gasteiger partial charge in [0.25, 0.3) is 0 Å². The first-order chi connectivity index (χ1) is 7.59. The van der Waals surface area contributed by atoms with Gasteiger partial charge in [-0.25, -0.2) is 4.39 Å². The maximum absolute atomic E-state index is 12.9. The molecule has 1 heterocycles. The van der Waals surface area contributed by atoms with Crippen LogP contribution in [0.4, 0.5) is 10.1 Å². The third-order valence-electron chi connectivity index (χ3n) is 2.23. The van der Waals surface area contributed by atoms with Crippen LogP contribution < -0.4 is 5.73 Å². The number of nitrogen functional groups attached to an aromatic ring is 1. The van der Waals surface area contributed by atoms with E-state index in [9.17, 15) is 4.39 Å². The Hall–Kier alpha value is -1.98. The van der Waals surface area contributed by atoms with Gasteiger partial charge < -0.3 is 5.73 Å². The fourth-order valence-electron chi connectivity index (χ4n) is 1.44. The maximum atomic E-state index is 12.9. The van der Waals surface area contributed by atoms with Crippen molar-refractivity contribution in [1.82, 2.24) is 20.2 Å². The molecular weight excluding hydrogens is 209 g/mol. The van der Waals surface area contributed by atoms with Crippen molar-refractivity contribution in [2.45, 2.75) is 19.8 Å². The van der Waals surface area contributed by atoms with Crippen molar-refractivity contribution >= 4 is 5.69 Å². The summed E-state index contributed by atoms with van der Waals surface area (Å²) in [4.78, 5) is 0. The van der Waals surface area contributed by atoms with Crippen LogP contribution in [0.3, 0.4) is 0 Å². The first-order valence-electron chi connectivity index (χ1n) is 4.93. The normalized spacial score (nSPS) is 11.0. The molecule has 0 aliphatic heterocycles. The highest BCUT2D eigenvalue weighted by molar-refractivity contribution is 5.57. The summed E-state index contributed by atoms with van der Waals surface area (Å²) in [6.45, 7) is 3.95. The molecule has 1 aromatic carbocycles. The summed E-state index contributed by atoms with van der Waals surface area (Å²) < 4.78 is 14.4. The average Bonchev–Trinajstić information content (AvgIpc) is 2.66. The molecule has 2 rings (SSSR count). The summed E-state index contributed by atoms with van der Waals surface area (Å²) in [5, 5.41) is 11.4. The minimum absolute atomic E-state index is 0.166. The Bertz CT molecular complexity index is 506. The van der Waals surface area contributed by atoms with Crippen LogP contribution in [0, 0.1) is 5.82 Å². The second kappa shape index (κ2) is 3.88. The van der Waals surface area contributed by atoms with E-state index in [1.807, 2.05) is 13.8 Å². The highest BCUT2D eigenvalue weighted by atomic mass is 19.1. The molecular formula is C10H12FN5. The Balaban J connectivity index is 2.54. The summed E-state index contributed by atoms with van der Waals surface area (Å²) >= 11 is 0. The molecule has 0 amide bonds. The van der Waals surface area contributed by atoms with Crippen LogP contribution in [-0.2, 0) is 0 Å². The molecule has 6 heteroatoms. The standard InChI is InChI=1S/C10H12FN5/c1-6(2)10-13-14-15-16(10)9-4-3-7(11)5-8(9)12/h3-6H,12H2,1-2H3. The zero-order valence-corrected chi connectivity index (χ0v) is 9.05. The number of halogens is 1. The molecule has 1 aromatic heterocycles. The number of nitrogens with zero attached hydrogens (tertiary/aromatic N) is 4. The number of tetrazole rings is 1. The van der Waals surface area contributed by atoms with Crippen LogP contribution in [0.15, 0.2) is 18.2 Å². The minimum Gasteiger partial charge on any atom is -0.397 e. The number of rotatable bonds is 2. The lowest BCUT2D eigenvalue weighted by Crippen LogP contribution is -2.07. The van der Waals surface area contributed by atoms with E-state index >= 15 is 0 Å². The number of benzene rings is 1. The van der Waals surface area contributed by atoms with Gasteiger partial charge in [0.15, 0.2) is 5.82 Å². The largest absolute Gasteiger partial charge is 0.397 e. The van der Waals surface area contributed by atoms with Gasteiger partial charge in [-0.3, -0.25) is 0 Å². The molecule has 84 valence electrons. The second-order valence-electron chi connectivity index (χ2n) is 3.81. The molecule has 2 N–H and O–H groups in total. The van der Waals surface area contributed by atoms with Gasteiger partial charge in [0.05, 0.1) is 11.4 Å². The monoisotopic (exact) mass is 221 g/mol. The van der Waals surface area contributed by atoms with E-state index in [4.69, 9.17) is 5.73 Å². The molecule has 2 aromatic rings. The van der Waals surface area contributed by atoms with Crippen LogP contribution in [0.25, 0.3) is 5.69 Å². The molecule has 0 spiro atoms. The third kappa shape index (κ3) is 1.73. The van der Waals surface area contributed by atoms with Gasteiger partial charge in [-0.05, 0) is 28.6 Å². The van der Waals surface area contributed by atoms with Gasteiger partial charge in [0.2, 0.25) is 0 Å². The van der Waals surface area contributed by atoms with E-state index in [1.54, 1.807) is 6.07 Å². The van der Waals surface area contributed by atoms with E-state index in [0.29, 0.717) is 17.2 Å². The Morgan fingerprint density at radius 1 is 1.38 bits per heavy atom. The molecule has 0 bridgehead atoms. The summed E-state index contributed by atoms with van der Waals surface area (Å²) in [5.41, 5.74) is 6.63. The molecule has 0 fully saturated rings. The summed E-state index contributed by atoms with van der Waals surface area (Å²) in [7, 11) is 0. The molecule has 16 heavy (non-hydrogen) atoms. The summed E-state index contributed by atoms with van der Waals surface area (Å²) in [6.07, 6.45) is 0. The van der Waals surface area contributed by atoms with Gasteiger partial charge in [0.1, 0.15) is 5.82 Å². The predicted molar refractivity (Wildman–Crippen MR) is 57.6 cm³/mol. The molecule has 5 nitrogen and oxygen atoms in total. The first kappa shape index (κ1) is 10.5. The van der Waals surface area contributed by atoms with E-state index in [-0.39, 0.29) is 11.7 Å². The van der Waals surface area contributed by atoms with E-state index in [0.717, 1.165) is 0 Å². The van der Waals surface area contributed by atoms with Crippen molar-refractivity contribution in [2.24, 2.45) is 0 Å².